The van der Waals surface area contributed by atoms with Crippen molar-refractivity contribution in [2.24, 2.45) is 4.99 Å². The third-order valence-corrected chi connectivity index (χ3v) is 6.34. The number of hydrogen-bond acceptors (Lipinski definition) is 4. The van der Waals surface area contributed by atoms with E-state index in [0.717, 1.165) is 57.2 Å². The molecule has 0 radical (unpaired) electrons. The van der Waals surface area contributed by atoms with Crippen LogP contribution in [0.15, 0.2) is 41.4 Å². The fourth-order valence-corrected chi connectivity index (χ4v) is 4.55. The third-order valence-electron chi connectivity index (χ3n) is 6.34. The largest absolute Gasteiger partial charge is 0.508 e. The first-order chi connectivity index (χ1) is 15.2. The van der Waals surface area contributed by atoms with Crippen molar-refractivity contribution >= 4 is 5.96 Å². The first-order valence-corrected chi connectivity index (χ1v) is 11.4. The Hall–Kier alpha value is -2.57. The molecule has 3 N–H and O–H groups in total. The topological polar surface area (TPSA) is 69.1 Å². The Balaban J connectivity index is 1.37. The van der Waals surface area contributed by atoms with E-state index in [1.165, 1.54) is 35.1 Å². The Labute approximate surface area is 185 Å². The van der Waals surface area contributed by atoms with Gasteiger partial charge >= 0.3 is 0 Å². The predicted octanol–water partition coefficient (Wildman–Crippen LogP) is 2.97. The van der Waals surface area contributed by atoms with Crippen LogP contribution < -0.4 is 10.6 Å². The van der Waals surface area contributed by atoms with Crippen LogP contribution in [0, 0.1) is 0 Å². The lowest BCUT2D eigenvalue weighted by molar-refractivity contribution is 0.0341. The van der Waals surface area contributed by atoms with Crippen molar-refractivity contribution in [1.82, 2.24) is 15.5 Å². The van der Waals surface area contributed by atoms with E-state index in [1.54, 1.807) is 7.05 Å². The van der Waals surface area contributed by atoms with Crippen LogP contribution in [-0.2, 0) is 37.2 Å². The molecular formula is C25H34N4O2. The van der Waals surface area contributed by atoms with Crippen molar-refractivity contribution in [3.63, 3.8) is 0 Å². The van der Waals surface area contributed by atoms with Crippen LogP contribution in [-0.4, -0.2) is 49.3 Å². The second kappa shape index (κ2) is 10.6. The molecule has 0 aromatic heterocycles. The summed E-state index contributed by atoms with van der Waals surface area (Å²) in [5, 5.41) is 17.3. The van der Waals surface area contributed by atoms with Gasteiger partial charge in [-0.2, -0.15) is 0 Å². The SMILES string of the molecule is CN=C(NCc1ccccc1CN1CCOCC1)NCc1c(O)ccc2c1CCCC2. The number of phenolic OH excluding ortho intramolecular Hbond substituents is 1. The summed E-state index contributed by atoms with van der Waals surface area (Å²) < 4.78 is 5.47. The molecule has 4 rings (SSSR count). The molecule has 2 aliphatic rings. The van der Waals surface area contributed by atoms with Gasteiger partial charge in [-0.3, -0.25) is 9.89 Å². The Morgan fingerprint density at radius 3 is 2.55 bits per heavy atom. The number of rotatable bonds is 6. The number of nitrogens with one attached hydrogen (secondary N) is 2. The number of guanidine groups is 1. The molecule has 0 unspecified atom stereocenters. The zero-order valence-corrected chi connectivity index (χ0v) is 18.5. The quantitative estimate of drug-likeness (QED) is 0.493. The molecule has 1 saturated heterocycles. The van der Waals surface area contributed by atoms with Gasteiger partial charge in [-0.1, -0.05) is 30.3 Å². The van der Waals surface area contributed by atoms with Crippen LogP contribution in [0.1, 0.15) is 40.7 Å². The number of fused-ring (bicyclic) bond motifs is 1. The van der Waals surface area contributed by atoms with Crippen LogP contribution in [0.4, 0.5) is 0 Å². The molecular weight excluding hydrogens is 388 g/mol. The Morgan fingerprint density at radius 2 is 1.74 bits per heavy atom. The van der Waals surface area contributed by atoms with E-state index in [4.69, 9.17) is 4.74 Å². The highest BCUT2D eigenvalue weighted by Gasteiger charge is 2.17. The summed E-state index contributed by atoms with van der Waals surface area (Å²) in [5.41, 5.74) is 6.30. The highest BCUT2D eigenvalue weighted by atomic mass is 16.5. The smallest absolute Gasteiger partial charge is 0.191 e. The Bertz CT molecular complexity index is 906. The minimum Gasteiger partial charge on any atom is -0.508 e. The minimum atomic E-state index is 0.374. The lowest BCUT2D eigenvalue weighted by atomic mass is 9.88. The van der Waals surface area contributed by atoms with E-state index >= 15 is 0 Å². The van der Waals surface area contributed by atoms with Gasteiger partial charge in [-0.15, -0.1) is 0 Å². The second-order valence-electron chi connectivity index (χ2n) is 8.34. The van der Waals surface area contributed by atoms with Gasteiger partial charge in [0.25, 0.3) is 0 Å². The standard InChI is InChI=1S/C25H34N4O2/c1-26-25(28-17-23-22-9-5-4-6-19(22)10-11-24(23)30)27-16-20-7-2-3-8-21(20)18-29-12-14-31-15-13-29/h2-3,7-8,10-11,30H,4-6,9,12-18H2,1H3,(H2,26,27,28). The number of aliphatic imine (C=N–C) groups is 1. The summed E-state index contributed by atoms with van der Waals surface area (Å²) in [5.74, 6) is 1.12. The van der Waals surface area contributed by atoms with Crippen LogP contribution in [0.2, 0.25) is 0 Å². The molecule has 0 spiro atoms. The molecule has 166 valence electrons. The fourth-order valence-electron chi connectivity index (χ4n) is 4.55. The lowest BCUT2D eigenvalue weighted by Crippen LogP contribution is -2.38. The van der Waals surface area contributed by atoms with Gasteiger partial charge in [0, 0.05) is 45.3 Å². The summed E-state index contributed by atoms with van der Waals surface area (Å²) >= 11 is 0. The zero-order chi connectivity index (χ0) is 21.5. The molecule has 1 aliphatic heterocycles. The Kier molecular flexibility index (Phi) is 7.43. The number of phenols is 1. The molecule has 6 nitrogen and oxygen atoms in total. The number of morpholine rings is 1. The highest BCUT2D eigenvalue weighted by Crippen LogP contribution is 2.30. The molecule has 2 aromatic carbocycles. The summed E-state index contributed by atoms with van der Waals surface area (Å²) in [6.07, 6.45) is 4.57. The number of aromatic hydroxyl groups is 1. The number of aryl methyl sites for hydroxylation is 1. The molecule has 0 amide bonds. The van der Waals surface area contributed by atoms with Crippen LogP contribution >= 0.6 is 0 Å². The van der Waals surface area contributed by atoms with Gasteiger partial charge in [0.05, 0.1) is 13.2 Å². The van der Waals surface area contributed by atoms with Crippen molar-refractivity contribution in [2.45, 2.75) is 45.3 Å². The van der Waals surface area contributed by atoms with E-state index in [1.807, 2.05) is 6.07 Å². The van der Waals surface area contributed by atoms with E-state index in [9.17, 15) is 5.11 Å². The van der Waals surface area contributed by atoms with Crippen LogP contribution in [0.5, 0.6) is 5.75 Å². The molecule has 0 saturated carbocycles. The molecule has 31 heavy (non-hydrogen) atoms. The van der Waals surface area contributed by atoms with Gasteiger partial charge in [-0.05, 0) is 54.0 Å². The van der Waals surface area contributed by atoms with Crippen LogP contribution in [0.3, 0.4) is 0 Å². The van der Waals surface area contributed by atoms with E-state index in [-0.39, 0.29) is 0 Å². The zero-order valence-electron chi connectivity index (χ0n) is 18.5. The molecule has 6 heteroatoms. The summed E-state index contributed by atoms with van der Waals surface area (Å²) in [4.78, 5) is 6.83. The van der Waals surface area contributed by atoms with Gasteiger partial charge in [0.15, 0.2) is 5.96 Å². The van der Waals surface area contributed by atoms with Gasteiger partial charge in [0.1, 0.15) is 5.75 Å². The van der Waals surface area contributed by atoms with Gasteiger partial charge in [-0.25, -0.2) is 0 Å². The normalized spacial score (nSPS) is 17.3. The van der Waals surface area contributed by atoms with Crippen LogP contribution in [0.25, 0.3) is 0 Å². The maximum atomic E-state index is 10.4. The van der Waals surface area contributed by atoms with Crippen molar-refractivity contribution in [2.75, 3.05) is 33.4 Å². The third kappa shape index (κ3) is 5.57. The van der Waals surface area contributed by atoms with Crippen molar-refractivity contribution in [3.05, 3.63) is 64.2 Å². The molecule has 0 atom stereocenters. The van der Waals surface area contributed by atoms with E-state index < -0.39 is 0 Å². The molecule has 1 fully saturated rings. The molecule has 0 bridgehead atoms. The van der Waals surface area contributed by atoms with Crippen molar-refractivity contribution in [1.29, 1.82) is 0 Å². The molecule has 1 aliphatic carbocycles. The summed E-state index contributed by atoms with van der Waals surface area (Å²) in [6, 6.07) is 12.5. The first-order valence-electron chi connectivity index (χ1n) is 11.4. The first kappa shape index (κ1) is 21.7. The highest BCUT2D eigenvalue weighted by molar-refractivity contribution is 5.79. The number of nitrogens with zero attached hydrogens (tertiary/aromatic N) is 2. The summed E-state index contributed by atoms with van der Waals surface area (Å²) in [6.45, 7) is 5.81. The monoisotopic (exact) mass is 422 g/mol. The average Bonchev–Trinajstić information content (AvgIpc) is 2.82. The minimum absolute atomic E-state index is 0.374. The Morgan fingerprint density at radius 1 is 1.00 bits per heavy atom. The number of hydrogen-bond donors (Lipinski definition) is 3. The number of ether oxygens (including phenoxy) is 1. The number of benzene rings is 2. The second-order valence-corrected chi connectivity index (χ2v) is 8.34. The molecule has 2 aromatic rings. The van der Waals surface area contributed by atoms with Gasteiger partial charge in [0.2, 0.25) is 0 Å². The molecule has 1 heterocycles. The fraction of sp³-hybridized carbons (Fsp3) is 0.480. The van der Waals surface area contributed by atoms with E-state index in [2.05, 4.69) is 50.9 Å². The van der Waals surface area contributed by atoms with Crippen molar-refractivity contribution < 1.29 is 9.84 Å². The predicted molar refractivity (Wildman–Crippen MR) is 124 cm³/mol. The van der Waals surface area contributed by atoms with Gasteiger partial charge < -0.3 is 20.5 Å². The lowest BCUT2D eigenvalue weighted by Gasteiger charge is -2.27. The van der Waals surface area contributed by atoms with Crippen molar-refractivity contribution in [3.8, 4) is 5.75 Å². The average molecular weight is 423 g/mol. The maximum absolute atomic E-state index is 10.4. The van der Waals surface area contributed by atoms with E-state index in [0.29, 0.717) is 18.8 Å². The maximum Gasteiger partial charge on any atom is 0.191 e. The summed E-state index contributed by atoms with van der Waals surface area (Å²) in [7, 11) is 1.79.